The highest BCUT2D eigenvalue weighted by Crippen LogP contribution is 2.17. The van der Waals surface area contributed by atoms with Gasteiger partial charge >= 0.3 is 0 Å². The molecule has 142 valence electrons. The molecule has 0 saturated heterocycles. The summed E-state index contributed by atoms with van der Waals surface area (Å²) in [7, 11) is 1.72. The smallest absolute Gasteiger partial charge is 0.191 e. The summed E-state index contributed by atoms with van der Waals surface area (Å²) in [5, 5.41) is 6.73. The van der Waals surface area contributed by atoms with Crippen molar-refractivity contribution in [3.8, 4) is 5.75 Å². The lowest BCUT2D eigenvalue weighted by atomic mass is 10.1. The Morgan fingerprint density at radius 1 is 1.08 bits per heavy atom. The van der Waals surface area contributed by atoms with Crippen LogP contribution in [0.2, 0.25) is 0 Å². The van der Waals surface area contributed by atoms with Crippen LogP contribution >= 0.6 is 0 Å². The van der Waals surface area contributed by atoms with Gasteiger partial charge in [0.1, 0.15) is 5.75 Å². The second kappa shape index (κ2) is 13.5. The van der Waals surface area contributed by atoms with Gasteiger partial charge in [0.05, 0.1) is 7.11 Å². The number of rotatable bonds is 12. The van der Waals surface area contributed by atoms with Crippen LogP contribution in [0.15, 0.2) is 29.3 Å². The number of hydrogen-bond acceptors (Lipinski definition) is 3. The quantitative estimate of drug-likeness (QED) is 0.346. The van der Waals surface area contributed by atoms with Crippen molar-refractivity contribution in [2.75, 3.05) is 46.4 Å². The van der Waals surface area contributed by atoms with Crippen LogP contribution in [0.1, 0.15) is 39.2 Å². The maximum Gasteiger partial charge on any atom is 0.191 e. The molecule has 0 spiro atoms. The van der Waals surface area contributed by atoms with Crippen LogP contribution < -0.4 is 15.4 Å². The van der Waals surface area contributed by atoms with Gasteiger partial charge in [-0.2, -0.15) is 0 Å². The Morgan fingerprint density at radius 2 is 1.84 bits per heavy atom. The van der Waals surface area contributed by atoms with Crippen molar-refractivity contribution in [3.63, 3.8) is 0 Å². The molecule has 0 heterocycles. The van der Waals surface area contributed by atoms with Crippen LogP contribution in [0.25, 0.3) is 0 Å². The first-order valence-electron chi connectivity index (χ1n) is 9.61. The van der Waals surface area contributed by atoms with Crippen molar-refractivity contribution in [2.45, 2.75) is 40.0 Å². The van der Waals surface area contributed by atoms with Crippen LogP contribution in [0, 0.1) is 0 Å². The fraction of sp³-hybridized carbons (Fsp3) is 0.650. The first-order chi connectivity index (χ1) is 12.2. The van der Waals surface area contributed by atoms with E-state index < -0.39 is 0 Å². The second-order valence-corrected chi connectivity index (χ2v) is 5.98. The van der Waals surface area contributed by atoms with Gasteiger partial charge in [0.15, 0.2) is 5.96 Å². The molecule has 0 amide bonds. The van der Waals surface area contributed by atoms with Crippen molar-refractivity contribution in [1.82, 2.24) is 15.5 Å². The average Bonchev–Trinajstić information content (AvgIpc) is 2.65. The molecule has 1 rings (SSSR count). The molecule has 0 radical (unpaired) electrons. The molecule has 5 heteroatoms. The number of para-hydroxylation sites is 1. The lowest BCUT2D eigenvalue weighted by molar-refractivity contribution is 0.297. The van der Waals surface area contributed by atoms with Crippen LogP contribution in [0.5, 0.6) is 5.75 Å². The minimum absolute atomic E-state index is 0.839. The van der Waals surface area contributed by atoms with Gasteiger partial charge in [-0.05, 0) is 57.5 Å². The van der Waals surface area contributed by atoms with Crippen LogP contribution in [0.4, 0.5) is 0 Å². The number of benzene rings is 1. The number of unbranched alkanes of at least 4 members (excludes halogenated alkanes) is 1. The molecule has 0 saturated carbocycles. The molecule has 1 aromatic rings. The zero-order chi connectivity index (χ0) is 18.3. The standard InChI is InChI=1S/C20H36N4O/c1-5-21-20(22-15-10-11-17-24(6-2)7-3)23-16-14-18-12-8-9-13-19(18)25-4/h8-9,12-13H,5-7,10-11,14-17H2,1-4H3,(H2,21,22,23). The molecular weight excluding hydrogens is 312 g/mol. The predicted molar refractivity (Wildman–Crippen MR) is 108 cm³/mol. The normalized spacial score (nSPS) is 11.6. The highest BCUT2D eigenvalue weighted by Gasteiger charge is 2.03. The van der Waals surface area contributed by atoms with E-state index in [1.807, 2.05) is 18.2 Å². The van der Waals surface area contributed by atoms with Gasteiger partial charge in [0, 0.05) is 19.6 Å². The SMILES string of the molecule is CCNC(=NCCCCN(CC)CC)NCCc1ccccc1OC. The molecule has 5 nitrogen and oxygen atoms in total. The van der Waals surface area contributed by atoms with Gasteiger partial charge in [-0.25, -0.2) is 0 Å². The van der Waals surface area contributed by atoms with Crippen LogP contribution in [-0.2, 0) is 6.42 Å². The van der Waals surface area contributed by atoms with E-state index in [1.54, 1.807) is 7.11 Å². The average molecular weight is 349 g/mol. The summed E-state index contributed by atoms with van der Waals surface area (Å²) in [4.78, 5) is 7.14. The Bertz CT molecular complexity index is 486. The first-order valence-corrected chi connectivity index (χ1v) is 9.61. The molecule has 25 heavy (non-hydrogen) atoms. The molecule has 0 fully saturated rings. The largest absolute Gasteiger partial charge is 0.496 e. The second-order valence-electron chi connectivity index (χ2n) is 5.98. The van der Waals surface area contributed by atoms with Crippen molar-refractivity contribution in [2.24, 2.45) is 4.99 Å². The molecule has 2 N–H and O–H groups in total. The number of aliphatic imine (C=N–C) groups is 1. The summed E-state index contributed by atoms with van der Waals surface area (Å²) in [6.45, 7) is 12.5. The summed E-state index contributed by atoms with van der Waals surface area (Å²) < 4.78 is 5.40. The fourth-order valence-electron chi connectivity index (χ4n) is 2.74. The highest BCUT2D eigenvalue weighted by molar-refractivity contribution is 5.79. The zero-order valence-corrected chi connectivity index (χ0v) is 16.5. The number of methoxy groups -OCH3 is 1. The third-order valence-electron chi connectivity index (χ3n) is 4.27. The maximum atomic E-state index is 5.40. The van der Waals surface area contributed by atoms with Gasteiger partial charge < -0.3 is 20.3 Å². The van der Waals surface area contributed by atoms with E-state index in [0.717, 1.165) is 57.3 Å². The molecule has 0 atom stereocenters. The molecular formula is C20H36N4O. The molecule has 1 aromatic carbocycles. The Hall–Kier alpha value is -1.75. The summed E-state index contributed by atoms with van der Waals surface area (Å²) in [6, 6.07) is 8.16. The van der Waals surface area contributed by atoms with Gasteiger partial charge in [-0.3, -0.25) is 4.99 Å². The van der Waals surface area contributed by atoms with Gasteiger partial charge in [-0.15, -0.1) is 0 Å². The number of ether oxygens (including phenoxy) is 1. The summed E-state index contributed by atoms with van der Waals surface area (Å²) in [6.07, 6.45) is 3.24. The number of guanidine groups is 1. The minimum Gasteiger partial charge on any atom is -0.496 e. The van der Waals surface area contributed by atoms with E-state index in [2.05, 4.69) is 47.4 Å². The molecule has 0 aliphatic rings. The summed E-state index contributed by atoms with van der Waals surface area (Å²) >= 11 is 0. The maximum absolute atomic E-state index is 5.40. The third-order valence-corrected chi connectivity index (χ3v) is 4.27. The lowest BCUT2D eigenvalue weighted by Crippen LogP contribution is -2.38. The van der Waals surface area contributed by atoms with Crippen LogP contribution in [-0.4, -0.2) is 57.2 Å². The predicted octanol–water partition coefficient (Wildman–Crippen LogP) is 2.91. The Morgan fingerprint density at radius 3 is 2.52 bits per heavy atom. The van der Waals surface area contributed by atoms with E-state index >= 15 is 0 Å². The molecule has 0 aliphatic carbocycles. The van der Waals surface area contributed by atoms with E-state index in [1.165, 1.54) is 18.5 Å². The number of nitrogens with zero attached hydrogens (tertiary/aromatic N) is 2. The molecule has 0 bridgehead atoms. The van der Waals surface area contributed by atoms with Gasteiger partial charge in [-0.1, -0.05) is 32.0 Å². The fourth-order valence-corrected chi connectivity index (χ4v) is 2.74. The topological polar surface area (TPSA) is 48.9 Å². The Labute approximate surface area is 153 Å². The van der Waals surface area contributed by atoms with Crippen molar-refractivity contribution in [3.05, 3.63) is 29.8 Å². The Kier molecular flexibility index (Phi) is 11.5. The summed E-state index contributed by atoms with van der Waals surface area (Å²) in [5.74, 6) is 1.85. The van der Waals surface area contributed by atoms with Gasteiger partial charge in [0.2, 0.25) is 0 Å². The Balaban J connectivity index is 2.35. The molecule has 0 aliphatic heterocycles. The molecule has 0 aromatic heterocycles. The van der Waals surface area contributed by atoms with Crippen molar-refractivity contribution in [1.29, 1.82) is 0 Å². The van der Waals surface area contributed by atoms with E-state index in [0.29, 0.717) is 0 Å². The van der Waals surface area contributed by atoms with Gasteiger partial charge in [0.25, 0.3) is 0 Å². The number of nitrogens with one attached hydrogen (secondary N) is 2. The van der Waals surface area contributed by atoms with Crippen molar-refractivity contribution >= 4 is 5.96 Å². The third kappa shape index (κ3) is 8.77. The lowest BCUT2D eigenvalue weighted by Gasteiger charge is -2.17. The van der Waals surface area contributed by atoms with Crippen LogP contribution in [0.3, 0.4) is 0 Å². The highest BCUT2D eigenvalue weighted by atomic mass is 16.5. The zero-order valence-electron chi connectivity index (χ0n) is 16.5. The van der Waals surface area contributed by atoms with E-state index in [4.69, 9.17) is 4.74 Å². The monoisotopic (exact) mass is 348 g/mol. The first kappa shape index (κ1) is 21.3. The van der Waals surface area contributed by atoms with E-state index in [9.17, 15) is 0 Å². The van der Waals surface area contributed by atoms with E-state index in [-0.39, 0.29) is 0 Å². The summed E-state index contributed by atoms with van der Waals surface area (Å²) in [5.41, 5.74) is 1.22. The molecule has 0 unspecified atom stereocenters. The minimum atomic E-state index is 0.839. The van der Waals surface area contributed by atoms with Crippen molar-refractivity contribution < 1.29 is 4.74 Å². The number of hydrogen-bond donors (Lipinski definition) is 2.